The number of nitro benzene ring substituents is 1. The highest BCUT2D eigenvalue weighted by atomic mass is 32.2. The van der Waals surface area contributed by atoms with Crippen molar-refractivity contribution in [2.75, 3.05) is 12.8 Å². The Morgan fingerprint density at radius 3 is 2.39 bits per heavy atom. The molecular weight excluding hydrogens is 430 g/mol. The second-order valence-electron chi connectivity index (χ2n) is 7.82. The topological polar surface area (TPSA) is 154 Å². The number of nitro groups is 1. The summed E-state index contributed by atoms with van der Waals surface area (Å²) in [5.41, 5.74) is 0.0159. The first kappa shape index (κ1) is 26.3. The molecule has 1 rings (SSSR count). The largest absolute Gasteiger partial charge is 0.444 e. The molecule has 0 aliphatic carbocycles. The maximum atomic E-state index is 12.4. The van der Waals surface area contributed by atoms with Gasteiger partial charge in [0.15, 0.2) is 0 Å². The van der Waals surface area contributed by atoms with Gasteiger partial charge in [0, 0.05) is 18.7 Å². The van der Waals surface area contributed by atoms with Crippen LogP contribution in [0.1, 0.15) is 45.2 Å². The minimum Gasteiger partial charge on any atom is -0.444 e. The summed E-state index contributed by atoms with van der Waals surface area (Å²) in [6.45, 7) is 6.67. The summed E-state index contributed by atoms with van der Waals surface area (Å²) >= 11 is 0. The van der Waals surface area contributed by atoms with Gasteiger partial charge in [-0.3, -0.25) is 19.1 Å². The van der Waals surface area contributed by atoms with Crippen molar-refractivity contribution >= 4 is 27.8 Å². The summed E-state index contributed by atoms with van der Waals surface area (Å²) < 4.78 is 32.4. The maximum absolute atomic E-state index is 12.4. The zero-order valence-electron chi connectivity index (χ0n) is 18.3. The van der Waals surface area contributed by atoms with Gasteiger partial charge in [0.2, 0.25) is 5.91 Å². The second kappa shape index (κ2) is 11.0. The highest BCUT2D eigenvalue weighted by molar-refractivity contribution is 7.85. The number of rotatable bonds is 10. The summed E-state index contributed by atoms with van der Waals surface area (Å²) in [4.78, 5) is 34.7. The van der Waals surface area contributed by atoms with E-state index in [4.69, 9.17) is 8.92 Å². The van der Waals surface area contributed by atoms with Gasteiger partial charge in [-0.05, 0) is 44.7 Å². The van der Waals surface area contributed by atoms with Crippen LogP contribution in [0.15, 0.2) is 18.2 Å². The van der Waals surface area contributed by atoms with E-state index in [1.165, 1.54) is 18.2 Å². The van der Waals surface area contributed by atoms with Crippen LogP contribution in [0.4, 0.5) is 10.5 Å². The third-order valence-corrected chi connectivity index (χ3v) is 4.48. The molecule has 0 saturated carbocycles. The number of hydrogen-bond acceptors (Lipinski definition) is 8. The first-order valence-electron chi connectivity index (χ1n) is 9.59. The van der Waals surface area contributed by atoms with Crippen molar-refractivity contribution in [3.05, 3.63) is 39.4 Å². The number of amides is 2. The van der Waals surface area contributed by atoms with Crippen LogP contribution >= 0.6 is 0 Å². The monoisotopic (exact) mass is 459 g/mol. The second-order valence-corrected chi connectivity index (χ2v) is 9.47. The number of carbonyl (C=O) groups excluding carboxylic acids is 2. The molecular formula is C19H29N3O8S. The molecule has 1 aromatic carbocycles. The van der Waals surface area contributed by atoms with Gasteiger partial charge < -0.3 is 15.4 Å². The first-order valence-corrected chi connectivity index (χ1v) is 11.4. The molecule has 12 heteroatoms. The number of carbonyl (C=O) groups is 2. The van der Waals surface area contributed by atoms with Crippen molar-refractivity contribution in [1.82, 2.24) is 10.6 Å². The van der Waals surface area contributed by atoms with Gasteiger partial charge in [-0.25, -0.2) is 4.79 Å². The van der Waals surface area contributed by atoms with Crippen LogP contribution in [-0.4, -0.2) is 49.8 Å². The Hall–Kier alpha value is -2.73. The number of non-ortho nitro benzene ring substituents is 1. The van der Waals surface area contributed by atoms with Crippen molar-refractivity contribution in [2.24, 2.45) is 0 Å². The van der Waals surface area contributed by atoms with Gasteiger partial charge in [-0.2, -0.15) is 8.42 Å². The summed E-state index contributed by atoms with van der Waals surface area (Å²) in [5, 5.41) is 16.2. The Bertz CT molecular complexity index is 909. The molecule has 0 unspecified atom stereocenters. The van der Waals surface area contributed by atoms with Gasteiger partial charge in [-0.1, -0.05) is 13.0 Å². The van der Waals surface area contributed by atoms with E-state index in [0.29, 0.717) is 17.5 Å². The van der Waals surface area contributed by atoms with Gasteiger partial charge in [0.1, 0.15) is 11.6 Å². The molecule has 0 aromatic heterocycles. The van der Waals surface area contributed by atoms with E-state index < -0.39 is 38.7 Å². The zero-order chi connectivity index (χ0) is 23.8. The van der Waals surface area contributed by atoms with Crippen molar-refractivity contribution < 1.29 is 31.9 Å². The van der Waals surface area contributed by atoms with E-state index in [9.17, 15) is 28.1 Å². The summed E-state index contributed by atoms with van der Waals surface area (Å²) in [5.74, 6) is -0.413. The lowest BCUT2D eigenvalue weighted by atomic mass is 10.0. The molecule has 1 aromatic rings. The Balaban J connectivity index is 2.77. The number of nitrogens with zero attached hydrogens (tertiary/aromatic N) is 1. The molecule has 11 nitrogen and oxygen atoms in total. The van der Waals surface area contributed by atoms with Crippen LogP contribution in [0.25, 0.3) is 0 Å². The van der Waals surface area contributed by atoms with Crippen molar-refractivity contribution in [2.45, 2.75) is 58.8 Å². The minimum atomic E-state index is -3.74. The molecule has 0 spiro atoms. The fourth-order valence-electron chi connectivity index (χ4n) is 2.52. The van der Waals surface area contributed by atoms with E-state index in [2.05, 4.69) is 10.6 Å². The van der Waals surface area contributed by atoms with Crippen molar-refractivity contribution in [3.8, 4) is 0 Å². The Morgan fingerprint density at radius 1 is 1.23 bits per heavy atom. The van der Waals surface area contributed by atoms with Gasteiger partial charge in [-0.15, -0.1) is 0 Å². The molecule has 0 aliphatic heterocycles. The third kappa shape index (κ3) is 10.2. The highest BCUT2D eigenvalue weighted by Gasteiger charge is 2.23. The van der Waals surface area contributed by atoms with Crippen LogP contribution in [-0.2, 0) is 36.9 Å². The predicted octanol–water partition coefficient (Wildman–Crippen LogP) is 2.03. The molecule has 0 radical (unpaired) electrons. The van der Waals surface area contributed by atoms with Crippen LogP contribution in [0.2, 0.25) is 0 Å². The number of nitrogens with one attached hydrogen (secondary N) is 2. The molecule has 2 amide bonds. The molecule has 31 heavy (non-hydrogen) atoms. The molecule has 0 heterocycles. The molecule has 0 aliphatic rings. The first-order chi connectivity index (χ1) is 14.2. The lowest BCUT2D eigenvalue weighted by Gasteiger charge is -2.22. The van der Waals surface area contributed by atoms with E-state index in [1.807, 2.05) is 0 Å². The highest BCUT2D eigenvalue weighted by Crippen LogP contribution is 2.20. The van der Waals surface area contributed by atoms with Crippen LogP contribution in [0, 0.1) is 10.1 Å². The van der Waals surface area contributed by atoms with E-state index >= 15 is 0 Å². The maximum Gasteiger partial charge on any atom is 0.408 e. The summed E-state index contributed by atoms with van der Waals surface area (Å²) in [7, 11) is -3.74. The van der Waals surface area contributed by atoms with Crippen LogP contribution in [0.3, 0.4) is 0 Å². The Morgan fingerprint density at radius 2 is 1.87 bits per heavy atom. The summed E-state index contributed by atoms with van der Waals surface area (Å²) in [6, 6.07) is 3.22. The molecule has 2 N–H and O–H groups in total. The molecule has 0 fully saturated rings. The van der Waals surface area contributed by atoms with Crippen molar-refractivity contribution in [1.29, 1.82) is 0 Å². The van der Waals surface area contributed by atoms with E-state index in [0.717, 1.165) is 6.26 Å². The molecule has 174 valence electrons. The van der Waals surface area contributed by atoms with Gasteiger partial charge in [0.05, 0.1) is 17.8 Å². The number of benzene rings is 1. The minimum absolute atomic E-state index is 0.162. The third-order valence-electron chi connectivity index (χ3n) is 3.94. The zero-order valence-corrected chi connectivity index (χ0v) is 19.1. The van der Waals surface area contributed by atoms with Crippen molar-refractivity contribution in [3.63, 3.8) is 0 Å². The Labute approximate surface area is 181 Å². The Kier molecular flexibility index (Phi) is 9.38. The quantitative estimate of drug-likeness (QED) is 0.306. The average molecular weight is 460 g/mol. The molecule has 0 saturated heterocycles. The predicted molar refractivity (Wildman–Crippen MR) is 113 cm³/mol. The summed E-state index contributed by atoms with van der Waals surface area (Å²) in [6.07, 6.45) is 0.794. The standard InChI is InChI=1S/C19H29N3O8S/c1-6-16(21-18(24)30-19(2,3)4)17(23)20-10-9-13-7-8-15(22(25)26)11-14(13)12-29-31(5,27)28/h7-8,11,16H,6,9-10,12H2,1-5H3,(H,20,23)(H,21,24)/t16-/m0/s1. The van der Waals surface area contributed by atoms with Gasteiger partial charge in [0.25, 0.3) is 15.8 Å². The van der Waals surface area contributed by atoms with E-state index in [-0.39, 0.29) is 25.3 Å². The number of hydrogen-bond donors (Lipinski definition) is 2. The normalized spacial score (nSPS) is 12.7. The van der Waals surface area contributed by atoms with E-state index in [1.54, 1.807) is 27.7 Å². The number of alkyl carbamates (subject to hydrolysis) is 1. The molecule has 1 atom stereocenters. The smallest absolute Gasteiger partial charge is 0.408 e. The fourth-order valence-corrected chi connectivity index (χ4v) is 2.86. The lowest BCUT2D eigenvalue weighted by molar-refractivity contribution is -0.385. The lowest BCUT2D eigenvalue weighted by Crippen LogP contribution is -2.48. The van der Waals surface area contributed by atoms with Crippen LogP contribution in [0.5, 0.6) is 0 Å². The fraction of sp³-hybridized carbons (Fsp3) is 0.579. The van der Waals surface area contributed by atoms with Crippen LogP contribution < -0.4 is 10.6 Å². The molecule has 0 bridgehead atoms. The SMILES string of the molecule is CC[C@H](NC(=O)OC(C)(C)C)C(=O)NCCc1ccc([N+](=O)[O-])cc1COS(C)(=O)=O. The average Bonchev–Trinajstić information content (AvgIpc) is 2.62. The van der Waals surface area contributed by atoms with Gasteiger partial charge >= 0.3 is 6.09 Å². The number of ether oxygens (including phenoxy) is 1.